The summed E-state index contributed by atoms with van der Waals surface area (Å²) in [7, 11) is 0. The van der Waals surface area contributed by atoms with Crippen LogP contribution in [0.3, 0.4) is 0 Å². The maximum atomic E-state index is 13.9. The Labute approximate surface area is 158 Å². The fourth-order valence-electron chi connectivity index (χ4n) is 2.97. The first-order valence-electron chi connectivity index (χ1n) is 8.70. The van der Waals surface area contributed by atoms with Gasteiger partial charge in [-0.3, -0.25) is 4.79 Å². The van der Waals surface area contributed by atoms with E-state index in [1.165, 1.54) is 16.8 Å². The Morgan fingerprint density at radius 3 is 2.36 bits per heavy atom. The number of anilines is 1. The summed E-state index contributed by atoms with van der Waals surface area (Å²) < 4.78 is 53.0. The molecule has 1 atom stereocenters. The number of alkyl halides is 3. The number of piperazine rings is 1. The monoisotopic (exact) mass is 400 g/mol. The van der Waals surface area contributed by atoms with Gasteiger partial charge < -0.3 is 20.1 Å². The van der Waals surface area contributed by atoms with Crippen molar-refractivity contribution in [2.45, 2.75) is 25.7 Å². The second kappa shape index (κ2) is 7.74. The minimum atomic E-state index is -4.49. The van der Waals surface area contributed by atoms with Gasteiger partial charge in [0.15, 0.2) is 5.95 Å². The number of halogens is 4. The maximum Gasteiger partial charge on any atom is 0.419 e. The highest BCUT2D eigenvalue weighted by molar-refractivity contribution is 5.94. The largest absolute Gasteiger partial charge is 0.419 e. The van der Waals surface area contributed by atoms with Crippen molar-refractivity contribution < 1.29 is 22.4 Å². The van der Waals surface area contributed by atoms with Crippen molar-refractivity contribution in [1.82, 2.24) is 19.4 Å². The van der Waals surface area contributed by atoms with Crippen molar-refractivity contribution in [3.63, 3.8) is 0 Å². The first kappa shape index (κ1) is 20.1. The summed E-state index contributed by atoms with van der Waals surface area (Å²) in [6, 6.07) is 0.924. The SMILES string of the molecule is C[C@H](N)Cn1cc(C(=O)N2CCN(c3ncc(C(F)(F)F)cn3)CC2)cc1F. The molecule has 1 fully saturated rings. The summed E-state index contributed by atoms with van der Waals surface area (Å²) in [5, 5.41) is 0. The lowest BCUT2D eigenvalue weighted by Gasteiger charge is -2.34. The van der Waals surface area contributed by atoms with Gasteiger partial charge in [0.1, 0.15) is 0 Å². The highest BCUT2D eigenvalue weighted by Gasteiger charge is 2.32. The van der Waals surface area contributed by atoms with Crippen LogP contribution in [0.15, 0.2) is 24.7 Å². The van der Waals surface area contributed by atoms with E-state index < -0.39 is 17.7 Å². The molecule has 1 amide bonds. The first-order chi connectivity index (χ1) is 13.1. The van der Waals surface area contributed by atoms with Gasteiger partial charge in [-0.1, -0.05) is 0 Å². The molecule has 0 aliphatic carbocycles. The van der Waals surface area contributed by atoms with E-state index in [-0.39, 0.29) is 30.0 Å². The summed E-state index contributed by atoms with van der Waals surface area (Å²) >= 11 is 0. The smallest absolute Gasteiger partial charge is 0.337 e. The third kappa shape index (κ3) is 4.41. The van der Waals surface area contributed by atoms with E-state index in [1.54, 1.807) is 16.7 Å². The van der Waals surface area contributed by atoms with Gasteiger partial charge in [-0.15, -0.1) is 0 Å². The highest BCUT2D eigenvalue weighted by Crippen LogP contribution is 2.28. The number of carbonyl (C=O) groups is 1. The molecule has 3 rings (SSSR count). The van der Waals surface area contributed by atoms with Crippen LogP contribution in [0.4, 0.5) is 23.5 Å². The van der Waals surface area contributed by atoms with E-state index in [9.17, 15) is 22.4 Å². The van der Waals surface area contributed by atoms with Crippen LogP contribution >= 0.6 is 0 Å². The number of hydrogen-bond acceptors (Lipinski definition) is 5. The molecule has 2 N–H and O–H groups in total. The molecule has 3 heterocycles. The fourth-order valence-corrected chi connectivity index (χ4v) is 2.97. The van der Waals surface area contributed by atoms with E-state index in [0.717, 1.165) is 12.4 Å². The van der Waals surface area contributed by atoms with Crippen LogP contribution < -0.4 is 10.6 Å². The van der Waals surface area contributed by atoms with E-state index >= 15 is 0 Å². The van der Waals surface area contributed by atoms with Crippen molar-refractivity contribution in [2.75, 3.05) is 31.1 Å². The topological polar surface area (TPSA) is 80.3 Å². The van der Waals surface area contributed by atoms with Crippen LogP contribution in [0.5, 0.6) is 0 Å². The molecular weight excluding hydrogens is 380 g/mol. The summed E-state index contributed by atoms with van der Waals surface area (Å²) in [5.41, 5.74) is 4.98. The minimum absolute atomic E-state index is 0.175. The standard InChI is InChI=1S/C17H20F4N6O/c1-11(22)9-27-10-12(6-14(27)18)15(28)25-2-4-26(5-3-25)16-23-7-13(8-24-16)17(19,20)21/h6-8,10-11H,2-5,9,22H2,1H3/t11-/m0/s1. The Morgan fingerprint density at radius 1 is 1.21 bits per heavy atom. The fraction of sp³-hybridized carbons (Fsp3) is 0.471. The average Bonchev–Trinajstić information content (AvgIpc) is 3.00. The van der Waals surface area contributed by atoms with Gasteiger partial charge in [0.2, 0.25) is 5.95 Å². The van der Waals surface area contributed by atoms with Crippen LogP contribution in [-0.2, 0) is 12.7 Å². The molecule has 0 bridgehead atoms. The normalized spacial score (nSPS) is 16.4. The molecule has 2 aromatic rings. The molecule has 1 aliphatic rings. The number of rotatable bonds is 4. The predicted octanol–water partition coefficient (Wildman–Crippen LogP) is 1.75. The molecule has 0 spiro atoms. The second-order valence-corrected chi connectivity index (χ2v) is 6.73. The minimum Gasteiger partial charge on any atom is -0.337 e. The molecule has 7 nitrogen and oxygen atoms in total. The second-order valence-electron chi connectivity index (χ2n) is 6.73. The molecule has 0 aromatic carbocycles. The lowest BCUT2D eigenvalue weighted by Crippen LogP contribution is -2.49. The molecule has 28 heavy (non-hydrogen) atoms. The Bertz CT molecular complexity index is 825. The number of amides is 1. The van der Waals surface area contributed by atoms with Crippen LogP contribution in [0.25, 0.3) is 0 Å². The Hall–Kier alpha value is -2.69. The van der Waals surface area contributed by atoms with Crippen molar-refractivity contribution in [3.05, 3.63) is 41.7 Å². The quantitative estimate of drug-likeness (QED) is 0.791. The molecule has 152 valence electrons. The van der Waals surface area contributed by atoms with Crippen molar-refractivity contribution >= 4 is 11.9 Å². The zero-order chi connectivity index (χ0) is 20.5. The molecule has 0 saturated carbocycles. The lowest BCUT2D eigenvalue weighted by molar-refractivity contribution is -0.138. The van der Waals surface area contributed by atoms with Gasteiger partial charge in [-0.05, 0) is 6.92 Å². The molecule has 0 unspecified atom stereocenters. The molecular formula is C17H20F4N6O. The summed E-state index contributed by atoms with van der Waals surface area (Å²) in [6.45, 7) is 3.37. The number of nitrogens with zero attached hydrogens (tertiary/aromatic N) is 5. The molecule has 1 aliphatic heterocycles. The number of nitrogens with two attached hydrogens (primary N) is 1. The summed E-state index contributed by atoms with van der Waals surface area (Å²) in [4.78, 5) is 23.4. The summed E-state index contributed by atoms with van der Waals surface area (Å²) in [5.74, 6) is -0.665. The van der Waals surface area contributed by atoms with Gasteiger partial charge >= 0.3 is 6.18 Å². The predicted molar refractivity (Wildman–Crippen MR) is 93.2 cm³/mol. The Kier molecular flexibility index (Phi) is 5.54. The van der Waals surface area contributed by atoms with Crippen LogP contribution in [0.2, 0.25) is 0 Å². The van der Waals surface area contributed by atoms with Gasteiger partial charge in [0, 0.05) is 63.4 Å². The molecule has 2 aromatic heterocycles. The van der Waals surface area contributed by atoms with Gasteiger partial charge in [-0.2, -0.15) is 17.6 Å². The number of aromatic nitrogens is 3. The lowest BCUT2D eigenvalue weighted by atomic mass is 10.2. The Balaban J connectivity index is 1.61. The van der Waals surface area contributed by atoms with Crippen molar-refractivity contribution in [1.29, 1.82) is 0 Å². The van der Waals surface area contributed by atoms with E-state index in [0.29, 0.717) is 26.2 Å². The third-order valence-corrected chi connectivity index (χ3v) is 4.39. The third-order valence-electron chi connectivity index (χ3n) is 4.39. The highest BCUT2D eigenvalue weighted by atomic mass is 19.4. The maximum absolute atomic E-state index is 13.9. The molecule has 11 heteroatoms. The van der Waals surface area contributed by atoms with E-state index in [4.69, 9.17) is 5.73 Å². The molecule has 1 saturated heterocycles. The van der Waals surface area contributed by atoms with E-state index in [1.807, 2.05) is 0 Å². The van der Waals surface area contributed by atoms with Crippen molar-refractivity contribution in [3.8, 4) is 0 Å². The van der Waals surface area contributed by atoms with Crippen LogP contribution in [0, 0.1) is 5.95 Å². The van der Waals surface area contributed by atoms with E-state index in [2.05, 4.69) is 9.97 Å². The van der Waals surface area contributed by atoms with Gasteiger partial charge in [0.25, 0.3) is 5.91 Å². The zero-order valence-corrected chi connectivity index (χ0v) is 15.2. The number of hydrogen-bond donors (Lipinski definition) is 1. The van der Waals surface area contributed by atoms with Crippen LogP contribution in [-0.4, -0.2) is 57.6 Å². The number of carbonyl (C=O) groups excluding carboxylic acids is 1. The molecule has 0 radical (unpaired) electrons. The average molecular weight is 400 g/mol. The van der Waals surface area contributed by atoms with Crippen LogP contribution in [0.1, 0.15) is 22.8 Å². The summed E-state index contributed by atoms with van der Waals surface area (Å²) in [6.07, 6.45) is -1.57. The van der Waals surface area contributed by atoms with Crippen molar-refractivity contribution in [2.24, 2.45) is 5.73 Å². The zero-order valence-electron chi connectivity index (χ0n) is 15.2. The first-order valence-corrected chi connectivity index (χ1v) is 8.70. The van der Waals surface area contributed by atoms with Gasteiger partial charge in [0.05, 0.1) is 11.1 Å². The Morgan fingerprint density at radius 2 is 1.82 bits per heavy atom. The van der Waals surface area contributed by atoms with Gasteiger partial charge in [-0.25, -0.2) is 9.97 Å².